The van der Waals surface area contributed by atoms with E-state index in [1.807, 2.05) is 54.3 Å². The summed E-state index contributed by atoms with van der Waals surface area (Å²) in [5.41, 5.74) is 2.59. The van der Waals surface area contributed by atoms with Crippen LogP contribution >= 0.6 is 0 Å². The zero-order valence-corrected chi connectivity index (χ0v) is 41.0. The molecule has 0 saturated carbocycles. The number of aliphatic carboxylic acids is 1. The Morgan fingerprint density at radius 2 is 1.45 bits per heavy atom. The minimum absolute atomic E-state index is 0. The molecule has 0 fully saturated rings. The number of carbonyl (C=O) groups is 1. The number of methoxy groups -OCH3 is 2. The molecule has 1 aromatic rings. The van der Waals surface area contributed by atoms with Gasteiger partial charge in [-0.3, -0.25) is 9.35 Å². The number of hydrogen-bond donors (Lipinski definition) is 2. The van der Waals surface area contributed by atoms with Crippen molar-refractivity contribution in [1.82, 2.24) is 4.58 Å². The van der Waals surface area contributed by atoms with Gasteiger partial charge in [-0.25, -0.2) is 13.0 Å². The number of carboxylic acids is 1. The molecule has 1 aromatic carbocycles. The van der Waals surface area contributed by atoms with Gasteiger partial charge in [-0.05, 0) is 80.1 Å². The van der Waals surface area contributed by atoms with E-state index >= 15 is 0 Å². The number of rotatable bonds is 31. The van der Waals surface area contributed by atoms with Crippen molar-refractivity contribution >= 4 is 38.0 Å². The monoisotopic (exact) mass is 945 g/mol. The van der Waals surface area contributed by atoms with Gasteiger partial charge in [0.2, 0.25) is 5.36 Å². The molecule has 0 spiro atoms. The normalized spacial score (nSPS) is 15.9. The van der Waals surface area contributed by atoms with Gasteiger partial charge < -0.3 is 47.4 Å². The minimum atomic E-state index is -4.82. The third-order valence-corrected chi connectivity index (χ3v) is 12.2. The molecule has 0 saturated heterocycles. The average molecular weight is 946 g/mol. The van der Waals surface area contributed by atoms with Crippen LogP contribution < -0.4 is 44.4 Å². The summed E-state index contributed by atoms with van der Waals surface area (Å²) in [5.74, 6) is -0.768. The van der Waals surface area contributed by atoms with Gasteiger partial charge in [-0.2, -0.15) is 8.42 Å². The third-order valence-electron chi connectivity index (χ3n) is 10.6. The molecular weight excluding hydrogens is 884 g/mol. The van der Waals surface area contributed by atoms with E-state index in [4.69, 9.17) is 37.9 Å². The smallest absolute Gasteiger partial charge is 0.744 e. The van der Waals surface area contributed by atoms with E-state index in [2.05, 4.69) is 4.58 Å². The molecule has 0 amide bonds. The second kappa shape index (κ2) is 28.2. The number of unbranched alkanes of at least 4 members (excludes halogenated alkanes) is 2. The molecule has 2 N–H and O–H groups in total. The summed E-state index contributed by atoms with van der Waals surface area (Å²) < 4.78 is 111. The number of carboxylic acid groups (broad SMARTS) is 1. The van der Waals surface area contributed by atoms with Crippen LogP contribution in [0.1, 0.15) is 56.6 Å². The van der Waals surface area contributed by atoms with Crippen molar-refractivity contribution in [2.45, 2.75) is 55.8 Å². The first-order valence-corrected chi connectivity index (χ1v) is 24.0. The molecule has 1 aliphatic carbocycles. The minimum Gasteiger partial charge on any atom is -0.744 e. The second-order valence-corrected chi connectivity index (χ2v) is 18.1. The molecule has 64 heavy (non-hydrogen) atoms. The van der Waals surface area contributed by atoms with Crippen molar-refractivity contribution in [2.24, 2.45) is 0 Å². The number of allylic oxidation sites excluding steroid dienone is 3. The van der Waals surface area contributed by atoms with E-state index < -0.39 is 42.3 Å². The maximum Gasteiger partial charge on any atom is 1.00 e. The molecule has 17 nitrogen and oxygen atoms in total. The number of hydrogen-bond acceptors (Lipinski definition) is 14. The fourth-order valence-corrected chi connectivity index (χ4v) is 8.38. The fraction of sp³-hybridized carbons (Fsp3) is 0.545. The quantitative estimate of drug-likeness (QED) is 0.0403. The van der Waals surface area contributed by atoms with Crippen LogP contribution in [-0.4, -0.2) is 143 Å². The first-order valence-electron chi connectivity index (χ1n) is 21.0. The fourth-order valence-electron chi connectivity index (χ4n) is 7.37. The van der Waals surface area contributed by atoms with Crippen LogP contribution in [0.3, 0.4) is 0 Å². The van der Waals surface area contributed by atoms with Crippen LogP contribution in [0.15, 0.2) is 75.9 Å². The maximum absolute atomic E-state index is 12.2. The van der Waals surface area contributed by atoms with Gasteiger partial charge in [0.25, 0.3) is 10.1 Å². The maximum atomic E-state index is 12.2. The van der Waals surface area contributed by atoms with E-state index in [-0.39, 0.29) is 48.8 Å². The van der Waals surface area contributed by atoms with Gasteiger partial charge in [-0.1, -0.05) is 18.6 Å². The van der Waals surface area contributed by atoms with Gasteiger partial charge >= 0.3 is 35.5 Å². The van der Waals surface area contributed by atoms with Crippen molar-refractivity contribution in [3.05, 3.63) is 83.1 Å². The van der Waals surface area contributed by atoms with Crippen molar-refractivity contribution in [1.29, 1.82) is 0 Å². The Morgan fingerprint density at radius 1 is 0.828 bits per heavy atom. The van der Waals surface area contributed by atoms with Gasteiger partial charge in [0.15, 0.2) is 13.1 Å². The SMILES string of the molecule is COCCOCCOCC[N+](CCOCCOCCOC)=c1ccc2c(/C=C/C=C3/N(CCCCCC(=O)O)c4ccc(S(=O)(=O)[O-])cc4C3(C)CCCS(=O)(=O)O)ccoc-2c1.[Na+]. The van der Waals surface area contributed by atoms with Crippen molar-refractivity contribution in [3.63, 3.8) is 0 Å². The van der Waals surface area contributed by atoms with Crippen LogP contribution in [0.5, 0.6) is 0 Å². The zero-order chi connectivity index (χ0) is 45.7. The summed E-state index contributed by atoms with van der Waals surface area (Å²) in [5, 5.41) is 10.0. The number of anilines is 1. The molecule has 3 aliphatic rings. The Labute approximate surface area is 399 Å². The van der Waals surface area contributed by atoms with Gasteiger partial charge in [0.05, 0.1) is 75.8 Å². The summed E-state index contributed by atoms with van der Waals surface area (Å²) in [7, 11) is -5.88. The molecule has 1 atom stereocenters. The van der Waals surface area contributed by atoms with Crippen molar-refractivity contribution in [3.8, 4) is 11.3 Å². The molecule has 0 bridgehead atoms. The Hall–Kier alpha value is -3.02. The van der Waals surface area contributed by atoms with E-state index in [1.54, 1.807) is 26.5 Å². The molecule has 350 valence electrons. The summed E-state index contributed by atoms with van der Waals surface area (Å²) in [6.45, 7) is 8.17. The Balaban J connectivity index is 0.0000109. The average Bonchev–Trinajstić information content (AvgIpc) is 3.46. The number of benzene rings is 2. The molecule has 0 radical (unpaired) electrons. The second-order valence-electron chi connectivity index (χ2n) is 15.1. The topological polar surface area (TPSA) is 224 Å². The van der Waals surface area contributed by atoms with Gasteiger partial charge in [0.1, 0.15) is 29.1 Å². The van der Waals surface area contributed by atoms with Crippen molar-refractivity contribution < 1.29 is 98.2 Å². The largest absolute Gasteiger partial charge is 1.00 e. The van der Waals surface area contributed by atoms with E-state index in [0.29, 0.717) is 122 Å². The Kier molecular flexibility index (Phi) is 24.4. The first kappa shape index (κ1) is 55.3. The predicted octanol–water partition coefficient (Wildman–Crippen LogP) is 1.41. The standard InChI is InChI=1S/C44H62N2O15S2.Na/c1-44(17-8-32-62(49,50)51)39-34-37(63(52,53)54)13-15-40(39)46(18-6-4-5-11-43(47)48)42(44)10-7-9-35-16-21-61-41-33-36(12-14-38(35)41)45(19-22-57-28-30-59-26-24-55-2)20-23-58-29-31-60-27-25-56-3;/h7,9-10,12-16,21,33-34H,4-6,8,11,17-20,22-32H2,1-3H3,(H2-,47,48,49,50,51,52,53,54);/q;+1. The number of ether oxygens (including phenoxy) is 6. The number of fused-ring (bicyclic) bond motifs is 2. The summed E-state index contributed by atoms with van der Waals surface area (Å²) in [6, 6.07) is 11.9. The summed E-state index contributed by atoms with van der Waals surface area (Å²) in [4.78, 5) is 12.7. The predicted molar refractivity (Wildman–Crippen MR) is 235 cm³/mol. The first-order chi connectivity index (χ1) is 30.2. The van der Waals surface area contributed by atoms with E-state index in [1.165, 1.54) is 12.1 Å². The summed E-state index contributed by atoms with van der Waals surface area (Å²) in [6.07, 6.45) is 9.20. The van der Waals surface area contributed by atoms with E-state index in [9.17, 15) is 30.7 Å². The molecule has 0 aromatic heterocycles. The zero-order valence-electron chi connectivity index (χ0n) is 37.4. The van der Waals surface area contributed by atoms with Crippen LogP contribution in [0, 0.1) is 0 Å². The van der Waals surface area contributed by atoms with Gasteiger partial charge in [0, 0.05) is 55.6 Å². The third kappa shape index (κ3) is 18.0. The van der Waals surface area contributed by atoms with Crippen LogP contribution in [0.2, 0.25) is 0 Å². The van der Waals surface area contributed by atoms with Crippen LogP contribution in [0.25, 0.3) is 17.4 Å². The summed E-state index contributed by atoms with van der Waals surface area (Å²) >= 11 is 0. The molecule has 20 heteroatoms. The molecule has 2 aliphatic heterocycles. The molecular formula is C44H62N2NaO15S2+. The van der Waals surface area contributed by atoms with Gasteiger partial charge in [-0.15, -0.1) is 0 Å². The van der Waals surface area contributed by atoms with Crippen LogP contribution in [0.4, 0.5) is 5.69 Å². The molecule has 4 rings (SSSR count). The van der Waals surface area contributed by atoms with E-state index in [0.717, 1.165) is 22.2 Å². The van der Waals surface area contributed by atoms with Crippen LogP contribution in [-0.2, 0) is 58.9 Å². The number of nitrogens with zero attached hydrogens (tertiary/aromatic N) is 2. The molecule has 1 unspecified atom stereocenters. The Morgan fingerprint density at radius 3 is 2.05 bits per heavy atom. The molecule has 2 heterocycles. The Bertz CT molecular complexity index is 2210. The van der Waals surface area contributed by atoms with Crippen molar-refractivity contribution in [2.75, 3.05) is 111 Å².